The third-order valence-electron chi connectivity index (χ3n) is 1.59. The highest BCUT2D eigenvalue weighted by atomic mass is 32.2. The number of nitrogens with zero attached hydrogens (tertiary/aromatic N) is 1. The van der Waals surface area contributed by atoms with Gasteiger partial charge in [-0.1, -0.05) is 6.92 Å². The molecule has 0 bridgehead atoms. The van der Waals surface area contributed by atoms with Gasteiger partial charge in [0.1, 0.15) is 0 Å². The lowest BCUT2D eigenvalue weighted by molar-refractivity contribution is -0.168. The molecule has 1 heterocycles. The predicted molar refractivity (Wildman–Crippen MR) is 63.9 cm³/mol. The molecule has 5 heteroatoms. The van der Waals surface area contributed by atoms with Gasteiger partial charge in [-0.2, -0.15) is 0 Å². The van der Waals surface area contributed by atoms with Crippen molar-refractivity contribution in [1.29, 1.82) is 0 Å². The van der Waals surface area contributed by atoms with E-state index < -0.39 is 0 Å². The lowest BCUT2D eigenvalue weighted by atomic mass is 10.5. The maximum atomic E-state index is 10.5. The lowest BCUT2D eigenvalue weighted by Crippen LogP contribution is -2.23. The zero-order chi connectivity index (χ0) is 10.8. The van der Waals surface area contributed by atoms with Crippen LogP contribution in [0, 0.1) is 5.08 Å². The van der Waals surface area contributed by atoms with E-state index in [0.29, 0.717) is 6.42 Å². The summed E-state index contributed by atoms with van der Waals surface area (Å²) in [5.74, 6) is 2.67. The molecule has 0 aromatic carbocycles. The van der Waals surface area contributed by atoms with E-state index in [4.69, 9.17) is 0 Å². The Morgan fingerprint density at radius 3 is 2.21 bits per heavy atom. The Kier molecular flexibility index (Phi) is 9.77. The van der Waals surface area contributed by atoms with Gasteiger partial charge in [-0.05, 0) is 17.9 Å². The molecule has 0 unspecified atom stereocenters. The summed E-state index contributed by atoms with van der Waals surface area (Å²) in [7, 11) is 3.05. The summed E-state index contributed by atoms with van der Waals surface area (Å²) in [6.45, 7) is 1.79. The summed E-state index contributed by atoms with van der Waals surface area (Å²) < 4.78 is 0. The number of carbonyl (C=O) groups is 1. The second-order valence-corrected chi connectivity index (χ2v) is 4.87. The molecule has 3 nitrogen and oxygen atoms in total. The molecule has 14 heavy (non-hydrogen) atoms. The monoisotopic (exact) mass is 236 g/mol. The molecule has 84 valence electrons. The Morgan fingerprint density at radius 1 is 1.50 bits per heavy atom. The third-order valence-corrected chi connectivity index (χ3v) is 3.73. The number of hydroxylamine groups is 2. The van der Waals surface area contributed by atoms with Crippen LogP contribution in [0.2, 0.25) is 0 Å². The highest BCUT2D eigenvalue weighted by Crippen LogP contribution is 2.25. The fourth-order valence-corrected chi connectivity index (χ4v) is 2.65. The predicted octanol–water partition coefficient (Wildman–Crippen LogP) is 2.39. The van der Waals surface area contributed by atoms with Crippen LogP contribution in [0.4, 0.5) is 0 Å². The Balaban J connectivity index is 0.000000249. The molecule has 0 N–H and O–H groups in total. The van der Waals surface area contributed by atoms with Crippen LogP contribution in [-0.2, 0) is 9.63 Å². The smallest absolute Gasteiger partial charge is 0.245 e. The van der Waals surface area contributed by atoms with Gasteiger partial charge in [-0.15, -0.1) is 0 Å². The van der Waals surface area contributed by atoms with Gasteiger partial charge in [-0.3, -0.25) is 9.63 Å². The van der Waals surface area contributed by atoms with E-state index in [1.807, 2.05) is 23.5 Å². The summed E-state index contributed by atoms with van der Waals surface area (Å²) in [6, 6.07) is 0. The minimum atomic E-state index is -0.00694. The van der Waals surface area contributed by atoms with Crippen LogP contribution in [0.3, 0.4) is 0 Å². The molecule has 1 aliphatic rings. The molecule has 1 amide bonds. The molecule has 1 saturated heterocycles. The number of carbonyl (C=O) groups excluding carboxylic acids is 1. The van der Waals surface area contributed by atoms with E-state index in [-0.39, 0.29) is 5.91 Å². The van der Waals surface area contributed by atoms with Crippen molar-refractivity contribution in [3.8, 4) is 0 Å². The SMILES string of the molecule is CCC(=O)N(C)OC.[CH-]1SCCCS1. The quantitative estimate of drug-likeness (QED) is 0.544. The van der Waals surface area contributed by atoms with Crippen molar-refractivity contribution in [3.63, 3.8) is 0 Å². The van der Waals surface area contributed by atoms with Gasteiger partial charge < -0.3 is 23.5 Å². The highest BCUT2D eigenvalue weighted by Gasteiger charge is 2.01. The third kappa shape index (κ3) is 7.53. The maximum Gasteiger partial charge on any atom is 0.245 e. The zero-order valence-corrected chi connectivity index (χ0v) is 10.6. The van der Waals surface area contributed by atoms with Gasteiger partial charge in [-0.25, -0.2) is 10.1 Å². The van der Waals surface area contributed by atoms with E-state index >= 15 is 0 Å². The normalized spacial score (nSPS) is 15.4. The van der Waals surface area contributed by atoms with Crippen LogP contribution >= 0.6 is 23.5 Å². The first kappa shape index (κ1) is 14.1. The van der Waals surface area contributed by atoms with Crippen molar-refractivity contribution in [2.75, 3.05) is 25.7 Å². The second kappa shape index (κ2) is 9.68. The summed E-state index contributed by atoms with van der Waals surface area (Å²) in [5, 5.41) is 3.43. The molecule has 0 saturated carbocycles. The van der Waals surface area contributed by atoms with Crippen molar-refractivity contribution < 1.29 is 9.63 Å². The van der Waals surface area contributed by atoms with Gasteiger partial charge in [0.2, 0.25) is 5.91 Å². The van der Waals surface area contributed by atoms with Gasteiger partial charge in [0.05, 0.1) is 7.11 Å². The molecule has 1 fully saturated rings. The van der Waals surface area contributed by atoms with E-state index in [1.54, 1.807) is 14.0 Å². The van der Waals surface area contributed by atoms with Crippen molar-refractivity contribution >= 4 is 29.4 Å². The van der Waals surface area contributed by atoms with Crippen LogP contribution in [0.15, 0.2) is 0 Å². The molecule has 0 aromatic heterocycles. The number of rotatable bonds is 2. The summed E-state index contributed by atoms with van der Waals surface area (Å²) >= 11 is 3.87. The van der Waals surface area contributed by atoms with Gasteiger partial charge in [0, 0.05) is 13.5 Å². The van der Waals surface area contributed by atoms with Crippen LogP contribution < -0.4 is 0 Å². The van der Waals surface area contributed by atoms with Gasteiger partial charge in [0.25, 0.3) is 0 Å². The minimum Gasteiger partial charge on any atom is -0.341 e. The molecule has 0 aromatic rings. The largest absolute Gasteiger partial charge is 0.341 e. The van der Waals surface area contributed by atoms with Crippen LogP contribution in [0.1, 0.15) is 19.8 Å². The molecule has 0 atom stereocenters. The number of thioether (sulfide) groups is 2. The van der Waals surface area contributed by atoms with Crippen molar-refractivity contribution in [1.82, 2.24) is 5.06 Å². The van der Waals surface area contributed by atoms with E-state index in [1.165, 1.54) is 30.1 Å². The summed E-state index contributed by atoms with van der Waals surface area (Å²) in [6.07, 6.45) is 1.89. The standard InChI is InChI=1S/C5H11NO2.C4H7S2/c1-4-5(7)6(2)8-3;1-2-5-4-6-3-1/h4H2,1-3H3;4H,1-3H2/q;-1. The Bertz CT molecular complexity index is 140. The molecule has 0 aliphatic carbocycles. The van der Waals surface area contributed by atoms with Gasteiger partial charge >= 0.3 is 0 Å². The molecule has 0 spiro atoms. The fraction of sp³-hybridized carbons (Fsp3) is 0.778. The topological polar surface area (TPSA) is 29.5 Å². The first-order valence-electron chi connectivity index (χ1n) is 4.58. The number of hydrogen-bond acceptors (Lipinski definition) is 4. The second-order valence-electron chi connectivity index (χ2n) is 2.62. The molecule has 0 radical (unpaired) electrons. The first-order chi connectivity index (χ1) is 6.72. The lowest BCUT2D eigenvalue weighted by Gasteiger charge is -2.18. The fourth-order valence-electron chi connectivity index (χ4n) is 0.694. The summed E-state index contributed by atoms with van der Waals surface area (Å²) in [5.41, 5.74) is 0. The van der Waals surface area contributed by atoms with Crippen molar-refractivity contribution in [2.45, 2.75) is 19.8 Å². The highest BCUT2D eigenvalue weighted by molar-refractivity contribution is 8.19. The van der Waals surface area contributed by atoms with Crippen molar-refractivity contribution in [3.05, 3.63) is 5.08 Å². The Morgan fingerprint density at radius 2 is 2.07 bits per heavy atom. The molecular formula is C9H18NO2S2-. The Labute approximate surface area is 94.9 Å². The van der Waals surface area contributed by atoms with E-state index in [0.717, 1.165) is 0 Å². The average molecular weight is 236 g/mol. The van der Waals surface area contributed by atoms with Crippen LogP contribution in [0.5, 0.6) is 0 Å². The first-order valence-corrected chi connectivity index (χ1v) is 6.67. The summed E-state index contributed by atoms with van der Waals surface area (Å²) in [4.78, 5) is 15.1. The molecule has 1 rings (SSSR count). The van der Waals surface area contributed by atoms with Crippen molar-refractivity contribution in [2.24, 2.45) is 0 Å². The van der Waals surface area contributed by atoms with E-state index in [2.05, 4.69) is 9.92 Å². The van der Waals surface area contributed by atoms with Crippen LogP contribution in [0.25, 0.3) is 0 Å². The zero-order valence-electron chi connectivity index (χ0n) is 8.99. The average Bonchev–Trinajstić information content (AvgIpc) is 2.30. The molecule has 1 aliphatic heterocycles. The number of amides is 1. The van der Waals surface area contributed by atoms with E-state index in [9.17, 15) is 4.79 Å². The number of hydrogen-bond donors (Lipinski definition) is 0. The van der Waals surface area contributed by atoms with Gasteiger partial charge in [0.15, 0.2) is 0 Å². The molecular weight excluding hydrogens is 218 g/mol. The van der Waals surface area contributed by atoms with Crippen LogP contribution in [-0.4, -0.2) is 36.6 Å². The Hall–Kier alpha value is 0.130. The minimum absolute atomic E-state index is 0.00694. The maximum absolute atomic E-state index is 10.5.